The Labute approximate surface area is 203 Å². The van der Waals surface area contributed by atoms with Gasteiger partial charge in [-0.3, -0.25) is 4.57 Å². The number of benzene rings is 2. The lowest BCUT2D eigenvalue weighted by atomic mass is 10.1. The van der Waals surface area contributed by atoms with Gasteiger partial charge in [-0.2, -0.15) is 0 Å². The first-order chi connectivity index (χ1) is 14.7. The molecule has 0 aliphatic rings. The average molecular weight is 593 g/mol. The van der Waals surface area contributed by atoms with Crippen molar-refractivity contribution in [2.75, 3.05) is 6.61 Å². The van der Waals surface area contributed by atoms with Gasteiger partial charge in [0.15, 0.2) is 0 Å². The number of aromatic nitrogens is 2. The van der Waals surface area contributed by atoms with Gasteiger partial charge in [0.05, 0.1) is 23.3 Å². The summed E-state index contributed by atoms with van der Waals surface area (Å²) < 4.78 is 15.1. The molecular weight excluding hydrogens is 571 g/mol. The van der Waals surface area contributed by atoms with E-state index in [1.807, 2.05) is 64.1 Å². The van der Waals surface area contributed by atoms with Crippen LogP contribution in [0.25, 0.3) is 33.1 Å². The van der Waals surface area contributed by atoms with Gasteiger partial charge in [0.25, 0.3) is 0 Å². The van der Waals surface area contributed by atoms with Crippen molar-refractivity contribution in [3.63, 3.8) is 0 Å². The zero-order valence-corrected chi connectivity index (χ0v) is 21.4. The van der Waals surface area contributed by atoms with E-state index < -0.39 is 11.7 Å². The minimum absolute atomic E-state index is 0.425. The summed E-state index contributed by atoms with van der Waals surface area (Å²) in [7, 11) is 0. The Morgan fingerprint density at radius 3 is 2.61 bits per heavy atom. The number of hydrogen-bond acceptors (Lipinski definition) is 4. The molecule has 160 valence electrons. The highest BCUT2D eigenvalue weighted by atomic mass is 127. The van der Waals surface area contributed by atoms with Gasteiger partial charge >= 0.3 is 6.09 Å². The van der Waals surface area contributed by atoms with E-state index in [1.165, 1.54) is 0 Å². The molecule has 31 heavy (non-hydrogen) atoms. The van der Waals surface area contributed by atoms with Crippen molar-refractivity contribution in [1.82, 2.24) is 9.55 Å². The molecule has 0 bridgehead atoms. The number of rotatable bonds is 3. The van der Waals surface area contributed by atoms with Gasteiger partial charge in [-0.25, -0.2) is 9.78 Å². The van der Waals surface area contributed by atoms with Crippen LogP contribution in [0.2, 0.25) is 0 Å². The zero-order chi connectivity index (χ0) is 22.3. The van der Waals surface area contributed by atoms with Crippen LogP contribution < -0.4 is 4.74 Å². The normalized spacial score (nSPS) is 11.8. The molecule has 0 N–H and O–H groups in total. The Kier molecular flexibility index (Phi) is 6.00. The van der Waals surface area contributed by atoms with Crippen LogP contribution in [0.4, 0.5) is 4.79 Å². The molecule has 2 aromatic carbocycles. The number of carbonyl (C=O) groups excluding carboxylic acids is 1. The molecule has 0 aliphatic heterocycles. The number of hydrogen-bond donors (Lipinski definition) is 0. The second kappa shape index (κ2) is 8.43. The predicted octanol–water partition coefficient (Wildman–Crippen LogP) is 7.41. The van der Waals surface area contributed by atoms with Crippen molar-refractivity contribution < 1.29 is 14.3 Å². The molecule has 0 atom stereocenters. The quantitative estimate of drug-likeness (QED) is 0.233. The van der Waals surface area contributed by atoms with Crippen LogP contribution in [0.1, 0.15) is 27.7 Å². The topological polar surface area (TPSA) is 53.4 Å². The van der Waals surface area contributed by atoms with Crippen LogP contribution in [-0.2, 0) is 4.74 Å². The predicted molar refractivity (Wildman–Crippen MR) is 136 cm³/mol. The highest BCUT2D eigenvalue weighted by molar-refractivity contribution is 14.1. The molecule has 4 aromatic rings. The van der Waals surface area contributed by atoms with Crippen LogP contribution in [0, 0.1) is 3.57 Å². The monoisotopic (exact) mass is 592 g/mol. The van der Waals surface area contributed by atoms with Crippen LogP contribution in [-0.4, -0.2) is 27.9 Å². The molecule has 0 unspecified atom stereocenters. The van der Waals surface area contributed by atoms with E-state index in [0.717, 1.165) is 46.9 Å². The Bertz CT molecular complexity index is 1310. The van der Waals surface area contributed by atoms with E-state index in [0.29, 0.717) is 6.61 Å². The van der Waals surface area contributed by atoms with Gasteiger partial charge < -0.3 is 9.47 Å². The lowest BCUT2D eigenvalue weighted by Crippen LogP contribution is -2.26. The summed E-state index contributed by atoms with van der Waals surface area (Å²) in [6.07, 6.45) is 1.37. The lowest BCUT2D eigenvalue weighted by Gasteiger charge is -2.19. The molecule has 7 heteroatoms. The molecule has 5 nitrogen and oxygen atoms in total. The van der Waals surface area contributed by atoms with Gasteiger partial charge in [-0.1, -0.05) is 15.9 Å². The first kappa shape index (κ1) is 22.1. The summed E-state index contributed by atoms with van der Waals surface area (Å²) in [6.45, 7) is 8.08. The van der Waals surface area contributed by atoms with Crippen molar-refractivity contribution in [3.05, 3.63) is 56.7 Å². The third-order valence-electron chi connectivity index (χ3n) is 4.67. The van der Waals surface area contributed by atoms with Crippen LogP contribution in [0.3, 0.4) is 0 Å². The maximum Gasteiger partial charge on any atom is 0.419 e. The third-order valence-corrected chi connectivity index (χ3v) is 5.83. The summed E-state index contributed by atoms with van der Waals surface area (Å²) in [5.41, 5.74) is 2.58. The van der Waals surface area contributed by atoms with E-state index in [1.54, 1.807) is 10.8 Å². The van der Waals surface area contributed by atoms with Gasteiger partial charge in [0, 0.05) is 36.6 Å². The minimum atomic E-state index is -0.594. The van der Waals surface area contributed by atoms with Crippen molar-refractivity contribution in [1.29, 1.82) is 0 Å². The standard InChI is InChI=1S/C24H22BrIN2O3/c1-5-30-22-12-20(27-19-8-7-15(26)11-17(19)22)18-13-28(23(29)31-24(2,3)4)21-9-6-14(25)10-16(18)21/h6-13H,5H2,1-4H3. The summed E-state index contributed by atoms with van der Waals surface area (Å²) in [5.74, 6) is 0.772. The third kappa shape index (κ3) is 4.57. The van der Waals surface area contributed by atoms with Gasteiger partial charge in [-0.15, -0.1) is 0 Å². The Hall–Kier alpha value is -2.13. The smallest absolute Gasteiger partial charge is 0.419 e. The van der Waals surface area contributed by atoms with E-state index in [9.17, 15) is 4.79 Å². The zero-order valence-electron chi connectivity index (χ0n) is 17.7. The number of carbonyl (C=O) groups is 1. The first-order valence-corrected chi connectivity index (χ1v) is 11.8. The molecule has 0 fully saturated rings. The van der Waals surface area contributed by atoms with Crippen molar-refractivity contribution in [2.24, 2.45) is 0 Å². The number of ether oxygens (including phenoxy) is 2. The van der Waals surface area contributed by atoms with Crippen molar-refractivity contribution in [2.45, 2.75) is 33.3 Å². The Morgan fingerprint density at radius 2 is 1.90 bits per heavy atom. The second-order valence-corrected chi connectivity index (χ2v) is 10.3. The summed E-state index contributed by atoms with van der Waals surface area (Å²) in [6, 6.07) is 13.8. The van der Waals surface area contributed by atoms with Crippen molar-refractivity contribution >= 4 is 66.4 Å². The largest absolute Gasteiger partial charge is 0.493 e. The van der Waals surface area contributed by atoms with Crippen molar-refractivity contribution in [3.8, 4) is 17.0 Å². The second-order valence-electron chi connectivity index (χ2n) is 8.15. The fraction of sp³-hybridized carbons (Fsp3) is 0.250. The molecule has 0 radical (unpaired) electrons. The number of fused-ring (bicyclic) bond motifs is 2. The summed E-state index contributed by atoms with van der Waals surface area (Å²) >= 11 is 5.84. The highest BCUT2D eigenvalue weighted by Gasteiger charge is 2.22. The fourth-order valence-electron chi connectivity index (χ4n) is 3.45. The van der Waals surface area contributed by atoms with Gasteiger partial charge in [-0.05, 0) is 86.7 Å². The van der Waals surface area contributed by atoms with Gasteiger partial charge in [0.1, 0.15) is 11.4 Å². The number of halogens is 2. The van der Waals surface area contributed by atoms with Gasteiger partial charge in [0.2, 0.25) is 0 Å². The fourth-order valence-corrected chi connectivity index (χ4v) is 4.30. The minimum Gasteiger partial charge on any atom is -0.493 e. The van der Waals surface area contributed by atoms with Crippen LogP contribution >= 0.6 is 38.5 Å². The highest BCUT2D eigenvalue weighted by Crippen LogP contribution is 2.36. The van der Waals surface area contributed by atoms with E-state index in [4.69, 9.17) is 14.5 Å². The summed E-state index contributed by atoms with van der Waals surface area (Å²) in [5, 5.41) is 1.87. The molecular formula is C24H22BrIN2O3. The maximum atomic E-state index is 12.9. The van der Waals surface area contributed by atoms with Crippen LogP contribution in [0.15, 0.2) is 53.1 Å². The molecule has 0 saturated heterocycles. The molecule has 0 aliphatic carbocycles. The molecule has 4 rings (SSSR count). The number of pyridine rings is 1. The first-order valence-electron chi connectivity index (χ1n) is 9.93. The lowest BCUT2D eigenvalue weighted by molar-refractivity contribution is 0.0544. The van der Waals surface area contributed by atoms with E-state index >= 15 is 0 Å². The molecule has 0 spiro atoms. The Balaban J connectivity index is 1.95. The molecule has 2 aromatic heterocycles. The van der Waals surface area contributed by atoms with E-state index in [-0.39, 0.29) is 0 Å². The molecule has 0 amide bonds. The van der Waals surface area contributed by atoms with E-state index in [2.05, 4.69) is 44.6 Å². The average Bonchev–Trinajstić information content (AvgIpc) is 3.06. The maximum absolute atomic E-state index is 12.9. The molecule has 2 heterocycles. The van der Waals surface area contributed by atoms with Crippen LogP contribution in [0.5, 0.6) is 5.75 Å². The number of nitrogens with zero attached hydrogens (tertiary/aromatic N) is 2. The summed E-state index contributed by atoms with van der Waals surface area (Å²) in [4.78, 5) is 17.8. The Morgan fingerprint density at radius 1 is 1.13 bits per heavy atom. The SMILES string of the molecule is CCOc1cc(-c2cn(C(=O)OC(C)(C)C)c3ccc(Br)cc23)nc2ccc(I)cc12. The molecule has 0 saturated carbocycles.